The van der Waals surface area contributed by atoms with Gasteiger partial charge in [0.1, 0.15) is 11.8 Å². The summed E-state index contributed by atoms with van der Waals surface area (Å²) in [6.45, 7) is 12.2. The number of ether oxygens (including phenoxy) is 1. The van der Waals surface area contributed by atoms with Crippen LogP contribution >= 0.6 is 0 Å². The number of unbranched alkanes of at least 4 members (excludes halogenated alkanes) is 1. The maximum atomic E-state index is 12.9. The van der Waals surface area contributed by atoms with Gasteiger partial charge in [-0.05, 0) is 110 Å². The number of fused-ring (bicyclic) bond motifs is 1. The van der Waals surface area contributed by atoms with Crippen molar-refractivity contribution >= 4 is 46.7 Å². The van der Waals surface area contributed by atoms with E-state index in [4.69, 9.17) is 4.74 Å². The molecule has 12 heteroatoms. The van der Waals surface area contributed by atoms with Gasteiger partial charge < -0.3 is 30.5 Å². The van der Waals surface area contributed by atoms with E-state index in [1.165, 1.54) is 5.56 Å². The zero-order valence-corrected chi connectivity index (χ0v) is 35.0. The van der Waals surface area contributed by atoms with Gasteiger partial charge in [-0.15, -0.1) is 4.91 Å². The Labute approximate surface area is 353 Å². The molecule has 60 heavy (non-hydrogen) atoms. The number of para-hydroxylation sites is 1. The summed E-state index contributed by atoms with van der Waals surface area (Å²) in [7, 11) is 1.82. The molecule has 0 bridgehead atoms. The van der Waals surface area contributed by atoms with Gasteiger partial charge in [0.25, 0.3) is 0 Å². The third kappa shape index (κ3) is 12.0. The number of rotatable bonds is 18. The number of carbonyl (C=O) groups excluding carboxylic acids is 3. The predicted octanol–water partition coefficient (Wildman–Crippen LogP) is 9.32. The lowest BCUT2D eigenvalue weighted by Gasteiger charge is -2.31. The van der Waals surface area contributed by atoms with Crippen LogP contribution in [0.2, 0.25) is 0 Å². The van der Waals surface area contributed by atoms with E-state index in [1.54, 1.807) is 11.0 Å². The molecule has 6 rings (SSSR count). The fourth-order valence-electron chi connectivity index (χ4n) is 7.72. The van der Waals surface area contributed by atoms with Crippen molar-refractivity contribution < 1.29 is 19.1 Å². The van der Waals surface area contributed by atoms with Crippen LogP contribution in [0.4, 0.5) is 27.5 Å². The van der Waals surface area contributed by atoms with E-state index < -0.39 is 6.09 Å². The topological polar surface area (TPSA) is 144 Å². The first-order valence-electron chi connectivity index (χ1n) is 20.9. The maximum Gasteiger partial charge on any atom is 0.411 e. The number of allylic oxidation sites excluding steroid dienone is 1. The van der Waals surface area contributed by atoms with Crippen LogP contribution in [0.25, 0.3) is 17.2 Å². The first kappa shape index (κ1) is 43.5. The standard InChI is InChI=1S/C48H57N7O5/c1-33-31-44(34(2)30-38(33)32-49-25-21-37-18-20-43(53-59)47-41(37)19-17-35(3)50-47)51-45(56)16-10-11-26-54(4)46(57)24-29-55-27-22-39(23-28-55)60-48(58)52-42-15-9-8-14-40(42)36-12-6-5-7-13-36/h5-9,12-15,17-20,30-31,39,49-50H,3,10-11,16,21-29,32H2,1-2,4H3,(H,51,56)(H,52,58). The molecule has 2 heterocycles. The third-order valence-electron chi connectivity index (χ3n) is 11.3. The summed E-state index contributed by atoms with van der Waals surface area (Å²) in [6, 6.07) is 25.5. The maximum absolute atomic E-state index is 12.9. The lowest BCUT2D eigenvalue weighted by Crippen LogP contribution is -2.40. The number of nitrogens with one attached hydrogen (secondary N) is 4. The van der Waals surface area contributed by atoms with Crippen LogP contribution in [-0.2, 0) is 27.3 Å². The fraction of sp³-hybridized carbons (Fsp3) is 0.354. The average Bonchev–Trinajstić information content (AvgIpc) is 3.25. The molecule has 0 saturated carbocycles. The number of nitrogens with zero attached hydrogens (tertiary/aromatic N) is 3. The normalized spacial score (nSPS) is 13.9. The second-order valence-corrected chi connectivity index (χ2v) is 15.7. The Morgan fingerprint density at radius 1 is 0.883 bits per heavy atom. The second kappa shape index (κ2) is 21.2. The number of piperidine rings is 1. The Kier molecular flexibility index (Phi) is 15.4. The smallest absolute Gasteiger partial charge is 0.411 e. The van der Waals surface area contributed by atoms with E-state index in [1.807, 2.05) is 92.9 Å². The Morgan fingerprint density at radius 2 is 1.65 bits per heavy atom. The highest BCUT2D eigenvalue weighted by Crippen LogP contribution is 2.36. The van der Waals surface area contributed by atoms with E-state index >= 15 is 0 Å². The Bertz CT molecular complexity index is 2200. The van der Waals surface area contributed by atoms with E-state index in [0.29, 0.717) is 56.0 Å². The lowest BCUT2D eigenvalue weighted by molar-refractivity contribution is -0.130. The van der Waals surface area contributed by atoms with E-state index in [9.17, 15) is 19.3 Å². The molecule has 0 unspecified atom stereocenters. The highest BCUT2D eigenvalue weighted by atomic mass is 16.6. The van der Waals surface area contributed by atoms with Gasteiger partial charge in [-0.2, -0.15) is 0 Å². The summed E-state index contributed by atoms with van der Waals surface area (Å²) in [5, 5.41) is 15.9. The van der Waals surface area contributed by atoms with Gasteiger partial charge in [0.05, 0.1) is 11.4 Å². The molecular formula is C48H57N7O5. The molecule has 4 aromatic rings. The number of hydrogen-bond acceptors (Lipinski definition) is 9. The van der Waals surface area contributed by atoms with Gasteiger partial charge in [0, 0.05) is 75.1 Å². The molecule has 2 aliphatic heterocycles. The molecule has 3 amide bonds. The Balaban J connectivity index is 0.836. The van der Waals surface area contributed by atoms with Crippen molar-refractivity contribution in [2.45, 2.75) is 71.4 Å². The molecule has 2 aliphatic rings. The molecule has 12 nitrogen and oxygen atoms in total. The second-order valence-electron chi connectivity index (χ2n) is 15.7. The van der Waals surface area contributed by atoms with E-state index in [-0.39, 0.29) is 17.9 Å². The average molecular weight is 812 g/mol. The molecule has 1 saturated heterocycles. The Morgan fingerprint density at radius 3 is 2.43 bits per heavy atom. The highest BCUT2D eigenvalue weighted by molar-refractivity contribution is 5.92. The summed E-state index contributed by atoms with van der Waals surface area (Å²) >= 11 is 0. The molecular weight excluding hydrogens is 755 g/mol. The van der Waals surface area contributed by atoms with Crippen LogP contribution in [0.3, 0.4) is 0 Å². The van der Waals surface area contributed by atoms with Crippen molar-refractivity contribution in [3.63, 3.8) is 0 Å². The summed E-state index contributed by atoms with van der Waals surface area (Å²) < 4.78 is 5.77. The number of nitroso groups, excluding NO2 is 1. The van der Waals surface area contributed by atoms with Gasteiger partial charge in [0.2, 0.25) is 11.8 Å². The van der Waals surface area contributed by atoms with Crippen molar-refractivity contribution in [2.75, 3.05) is 55.7 Å². The number of carbonyl (C=O) groups is 3. The molecule has 314 valence electrons. The molecule has 0 spiro atoms. The zero-order chi connectivity index (χ0) is 42.4. The summed E-state index contributed by atoms with van der Waals surface area (Å²) in [5.41, 5.74) is 10.6. The van der Waals surface area contributed by atoms with Gasteiger partial charge in [0.15, 0.2) is 0 Å². The van der Waals surface area contributed by atoms with Gasteiger partial charge in [-0.3, -0.25) is 14.9 Å². The minimum atomic E-state index is -0.455. The number of hydrogen-bond donors (Lipinski definition) is 4. The van der Waals surface area contributed by atoms with Crippen LogP contribution in [0, 0.1) is 18.8 Å². The molecule has 0 atom stereocenters. The summed E-state index contributed by atoms with van der Waals surface area (Å²) in [5.74, 6) is 0.0474. The van der Waals surface area contributed by atoms with Gasteiger partial charge >= 0.3 is 6.09 Å². The molecule has 4 N–H and O–H groups in total. The van der Waals surface area contributed by atoms with E-state index in [0.717, 1.165) is 90.1 Å². The van der Waals surface area contributed by atoms with Crippen molar-refractivity contribution in [3.8, 4) is 11.1 Å². The predicted molar refractivity (Wildman–Crippen MR) is 241 cm³/mol. The number of anilines is 3. The quantitative estimate of drug-likeness (QED) is 0.0575. The van der Waals surface area contributed by atoms with Crippen LogP contribution < -0.4 is 21.3 Å². The van der Waals surface area contributed by atoms with Crippen LogP contribution in [0.1, 0.15) is 66.3 Å². The lowest BCUT2D eigenvalue weighted by atomic mass is 9.98. The first-order valence-corrected chi connectivity index (χ1v) is 20.9. The summed E-state index contributed by atoms with van der Waals surface area (Å²) in [6.07, 6.45) is 7.68. The van der Waals surface area contributed by atoms with Gasteiger partial charge in [-0.25, -0.2) is 4.79 Å². The largest absolute Gasteiger partial charge is 0.446 e. The van der Waals surface area contributed by atoms with Crippen molar-refractivity contribution in [1.82, 2.24) is 15.1 Å². The van der Waals surface area contributed by atoms with Crippen molar-refractivity contribution in [2.24, 2.45) is 5.18 Å². The van der Waals surface area contributed by atoms with Crippen molar-refractivity contribution in [1.29, 1.82) is 0 Å². The van der Waals surface area contributed by atoms with Crippen LogP contribution in [0.15, 0.2) is 102 Å². The molecule has 1 fully saturated rings. The third-order valence-corrected chi connectivity index (χ3v) is 11.3. The number of aryl methyl sites for hydroxylation is 2. The number of likely N-dealkylation sites (tertiary alicyclic amines) is 1. The van der Waals surface area contributed by atoms with E-state index in [2.05, 4.69) is 50.9 Å². The first-order chi connectivity index (χ1) is 29.1. The molecule has 0 radical (unpaired) electrons. The summed E-state index contributed by atoms with van der Waals surface area (Å²) in [4.78, 5) is 53.9. The van der Waals surface area contributed by atoms with Crippen LogP contribution in [0.5, 0.6) is 0 Å². The van der Waals surface area contributed by atoms with Crippen molar-refractivity contribution in [3.05, 3.63) is 130 Å². The Hall–Kier alpha value is -6.11. The van der Waals surface area contributed by atoms with Crippen LogP contribution in [-0.4, -0.2) is 73.6 Å². The molecule has 0 aromatic heterocycles. The van der Waals surface area contributed by atoms with Gasteiger partial charge in [-0.1, -0.05) is 73.3 Å². The number of amides is 3. The monoisotopic (exact) mass is 811 g/mol. The number of benzene rings is 4. The minimum absolute atomic E-state index is 0.0366. The fourth-order valence-corrected chi connectivity index (χ4v) is 7.72. The zero-order valence-electron chi connectivity index (χ0n) is 35.0. The molecule has 4 aromatic carbocycles. The SMILES string of the molecule is C=C1C=Cc2c(CCNCc3cc(C)c(NC(=O)CCCCN(C)C(=O)CCN4CCC(OC(=O)Nc5ccccc5-c5ccccc5)CC4)cc3C)ccc(N=O)c2N1. The highest BCUT2D eigenvalue weighted by Gasteiger charge is 2.24. The minimum Gasteiger partial charge on any atom is -0.446 e. The molecule has 0 aliphatic carbocycles.